The van der Waals surface area contributed by atoms with Gasteiger partial charge in [0.05, 0.1) is 0 Å². The van der Waals surface area contributed by atoms with Gasteiger partial charge in [-0.15, -0.1) is 0 Å². The van der Waals surface area contributed by atoms with Crippen molar-refractivity contribution in [3.05, 3.63) is 47.5 Å². The third-order valence-electron chi connectivity index (χ3n) is 4.41. The molecule has 3 heteroatoms. The lowest BCUT2D eigenvalue weighted by atomic mass is 9.94. The molecule has 1 spiro atoms. The minimum Gasteiger partial charge on any atom is -0.457 e. The summed E-state index contributed by atoms with van der Waals surface area (Å²) >= 11 is 5.45. The number of hydrogen-bond donors (Lipinski definition) is 0. The van der Waals surface area contributed by atoms with Crippen molar-refractivity contribution in [1.82, 2.24) is 4.90 Å². The molecule has 2 nitrogen and oxygen atoms in total. The molecular weight excluding hydrogens is 254 g/mol. The fraction of sp³-hybridized carbons (Fsp3) is 0.312. The van der Waals surface area contributed by atoms with E-state index < -0.39 is 0 Å². The molecule has 2 aromatic rings. The van der Waals surface area contributed by atoms with Crippen LogP contribution >= 0.6 is 12.2 Å². The Kier molecular flexibility index (Phi) is 2.26. The minimum absolute atomic E-state index is 0.309. The van der Waals surface area contributed by atoms with Crippen LogP contribution in [0.4, 0.5) is 0 Å². The summed E-state index contributed by atoms with van der Waals surface area (Å²) < 4.78 is 6.12. The molecule has 0 bridgehead atoms. The zero-order valence-electron chi connectivity index (χ0n) is 10.8. The van der Waals surface area contributed by atoms with Crippen molar-refractivity contribution in [2.24, 2.45) is 0 Å². The molecule has 2 aliphatic rings. The maximum absolute atomic E-state index is 6.12. The first-order chi connectivity index (χ1) is 9.21. The Hall–Kier alpha value is -1.45. The molecule has 0 radical (unpaired) electrons. The molecule has 4 rings (SSSR count). The van der Waals surface area contributed by atoms with Gasteiger partial charge >= 0.3 is 0 Å². The summed E-state index contributed by atoms with van der Waals surface area (Å²) in [6, 6.07) is 12.8. The van der Waals surface area contributed by atoms with Crippen molar-refractivity contribution in [2.75, 3.05) is 13.6 Å². The number of ether oxygens (including phenoxy) is 1. The van der Waals surface area contributed by atoms with Crippen LogP contribution in [-0.4, -0.2) is 23.5 Å². The largest absolute Gasteiger partial charge is 0.457 e. The molecular formula is C16H15NOS. The molecule has 0 N–H and O–H groups in total. The molecule has 0 saturated carbocycles. The van der Waals surface area contributed by atoms with E-state index in [1.54, 1.807) is 0 Å². The third-order valence-corrected chi connectivity index (χ3v) is 4.72. The predicted molar refractivity (Wildman–Crippen MR) is 80.3 cm³/mol. The van der Waals surface area contributed by atoms with E-state index in [1.165, 1.54) is 16.3 Å². The van der Waals surface area contributed by atoms with Crippen molar-refractivity contribution < 1.29 is 4.74 Å². The highest BCUT2D eigenvalue weighted by Gasteiger charge is 2.49. The first-order valence-corrected chi connectivity index (χ1v) is 7.09. The van der Waals surface area contributed by atoms with E-state index >= 15 is 0 Å². The topological polar surface area (TPSA) is 12.5 Å². The van der Waals surface area contributed by atoms with Gasteiger partial charge in [-0.05, 0) is 48.6 Å². The normalized spacial score (nSPS) is 26.1. The molecule has 0 aliphatic carbocycles. The van der Waals surface area contributed by atoms with Gasteiger partial charge in [-0.2, -0.15) is 0 Å². The average Bonchev–Trinajstić information content (AvgIpc) is 2.91. The lowest BCUT2D eigenvalue weighted by molar-refractivity contribution is -0.0457. The van der Waals surface area contributed by atoms with Gasteiger partial charge < -0.3 is 4.74 Å². The highest BCUT2D eigenvalue weighted by Crippen LogP contribution is 2.46. The van der Waals surface area contributed by atoms with E-state index in [2.05, 4.69) is 48.3 Å². The number of rotatable bonds is 0. The average molecular weight is 269 g/mol. The highest BCUT2D eigenvalue weighted by atomic mass is 32.1. The second-order valence-corrected chi connectivity index (χ2v) is 5.81. The molecule has 1 saturated heterocycles. The zero-order chi connectivity index (χ0) is 13.0. The molecule has 96 valence electrons. The molecule has 1 atom stereocenters. The SMILES string of the molecule is CN1CCCC12OC(=S)c1cc3ccccc3cc12. The van der Waals surface area contributed by atoms with Crippen LogP contribution in [0.2, 0.25) is 0 Å². The Bertz CT molecular complexity index is 696. The lowest BCUT2D eigenvalue weighted by Crippen LogP contribution is -2.38. The van der Waals surface area contributed by atoms with Gasteiger partial charge in [0, 0.05) is 24.1 Å². The van der Waals surface area contributed by atoms with Gasteiger partial charge in [-0.25, -0.2) is 0 Å². The summed E-state index contributed by atoms with van der Waals surface area (Å²) in [5.74, 6) is 0. The van der Waals surface area contributed by atoms with Gasteiger partial charge in [-0.3, -0.25) is 4.90 Å². The van der Waals surface area contributed by atoms with Crippen molar-refractivity contribution in [3.8, 4) is 0 Å². The number of likely N-dealkylation sites (tertiary alicyclic amines) is 1. The summed E-state index contributed by atoms with van der Waals surface area (Å²) in [5.41, 5.74) is 2.04. The molecule has 2 heterocycles. The molecule has 19 heavy (non-hydrogen) atoms. The Balaban J connectivity index is 2.02. The maximum atomic E-state index is 6.12. The second-order valence-electron chi connectivity index (χ2n) is 5.44. The Morgan fingerprint density at radius 3 is 2.63 bits per heavy atom. The van der Waals surface area contributed by atoms with E-state index in [1.807, 2.05) is 0 Å². The lowest BCUT2D eigenvalue weighted by Gasteiger charge is -2.31. The first-order valence-electron chi connectivity index (χ1n) is 6.69. The van der Waals surface area contributed by atoms with Crippen LogP contribution in [0, 0.1) is 0 Å². The predicted octanol–water partition coefficient (Wildman–Crippen LogP) is 3.42. The molecule has 0 amide bonds. The van der Waals surface area contributed by atoms with Gasteiger partial charge in [0.1, 0.15) is 0 Å². The minimum atomic E-state index is -0.309. The van der Waals surface area contributed by atoms with Crippen molar-refractivity contribution in [1.29, 1.82) is 0 Å². The van der Waals surface area contributed by atoms with Crippen LogP contribution in [0.1, 0.15) is 24.0 Å². The quantitative estimate of drug-likeness (QED) is 0.680. The van der Waals surface area contributed by atoms with E-state index in [9.17, 15) is 0 Å². The van der Waals surface area contributed by atoms with Crippen molar-refractivity contribution >= 4 is 28.0 Å². The third kappa shape index (κ3) is 1.43. The number of benzene rings is 2. The summed E-state index contributed by atoms with van der Waals surface area (Å²) in [7, 11) is 2.12. The Labute approximate surface area is 118 Å². The van der Waals surface area contributed by atoms with E-state index in [-0.39, 0.29) is 5.72 Å². The molecule has 2 aromatic carbocycles. The van der Waals surface area contributed by atoms with Crippen LogP contribution in [0.15, 0.2) is 36.4 Å². The van der Waals surface area contributed by atoms with E-state index in [4.69, 9.17) is 17.0 Å². The van der Waals surface area contributed by atoms with E-state index in [0.717, 1.165) is 24.9 Å². The van der Waals surface area contributed by atoms with Crippen LogP contribution < -0.4 is 0 Å². The van der Waals surface area contributed by atoms with Crippen LogP contribution in [0.3, 0.4) is 0 Å². The molecule has 2 aliphatic heterocycles. The Morgan fingerprint density at radius 1 is 1.21 bits per heavy atom. The molecule has 1 fully saturated rings. The number of thiocarbonyl (C=S) groups is 1. The van der Waals surface area contributed by atoms with Crippen molar-refractivity contribution in [3.63, 3.8) is 0 Å². The van der Waals surface area contributed by atoms with Crippen LogP contribution in [-0.2, 0) is 10.5 Å². The van der Waals surface area contributed by atoms with Gasteiger partial charge in [-0.1, -0.05) is 24.3 Å². The van der Waals surface area contributed by atoms with Crippen LogP contribution in [0.5, 0.6) is 0 Å². The Morgan fingerprint density at radius 2 is 1.95 bits per heavy atom. The number of fused-ring (bicyclic) bond motifs is 3. The first kappa shape index (κ1) is 11.4. The molecule has 1 unspecified atom stereocenters. The van der Waals surface area contributed by atoms with Gasteiger partial charge in [0.15, 0.2) is 10.8 Å². The smallest absolute Gasteiger partial charge is 0.194 e. The standard InChI is InChI=1S/C16H15NOS/c1-17-8-4-7-16(17)14-10-12-6-3-2-5-11(12)9-13(14)15(19)18-16/h2-3,5-6,9-10H,4,7-8H2,1H3. The van der Waals surface area contributed by atoms with Gasteiger partial charge in [0.25, 0.3) is 0 Å². The van der Waals surface area contributed by atoms with Crippen LogP contribution in [0.25, 0.3) is 10.8 Å². The summed E-state index contributed by atoms with van der Waals surface area (Å²) in [5, 5.41) is 3.13. The zero-order valence-corrected chi connectivity index (χ0v) is 11.7. The highest BCUT2D eigenvalue weighted by molar-refractivity contribution is 7.80. The van der Waals surface area contributed by atoms with Gasteiger partial charge in [0.2, 0.25) is 0 Å². The fourth-order valence-electron chi connectivity index (χ4n) is 3.39. The second kappa shape index (κ2) is 3.78. The summed E-state index contributed by atoms with van der Waals surface area (Å²) in [6.45, 7) is 1.06. The molecule has 0 aromatic heterocycles. The summed E-state index contributed by atoms with van der Waals surface area (Å²) in [6.07, 6.45) is 2.18. The fourth-order valence-corrected chi connectivity index (χ4v) is 3.70. The van der Waals surface area contributed by atoms with Crippen molar-refractivity contribution in [2.45, 2.75) is 18.6 Å². The number of nitrogens with zero attached hydrogens (tertiary/aromatic N) is 1. The maximum Gasteiger partial charge on any atom is 0.194 e. The number of hydrogen-bond acceptors (Lipinski definition) is 3. The van der Waals surface area contributed by atoms with E-state index in [0.29, 0.717) is 5.05 Å². The monoisotopic (exact) mass is 269 g/mol. The summed E-state index contributed by atoms with van der Waals surface area (Å²) in [4.78, 5) is 2.29.